The van der Waals surface area contributed by atoms with Crippen molar-refractivity contribution in [2.45, 2.75) is 33.5 Å². The van der Waals surface area contributed by atoms with Gasteiger partial charge in [0, 0.05) is 0 Å². The second-order valence-corrected chi connectivity index (χ2v) is 6.03. The molecule has 0 saturated carbocycles. The first-order valence-corrected chi connectivity index (χ1v) is 8.01. The summed E-state index contributed by atoms with van der Waals surface area (Å²) in [4.78, 5) is 11.6. The van der Waals surface area contributed by atoms with Crippen molar-refractivity contribution in [2.75, 3.05) is 7.11 Å². The number of aryl methyl sites for hydroxylation is 2. The van der Waals surface area contributed by atoms with E-state index in [1.807, 2.05) is 38.1 Å². The van der Waals surface area contributed by atoms with E-state index >= 15 is 0 Å². The molecule has 0 saturated heterocycles. The van der Waals surface area contributed by atoms with Crippen LogP contribution < -0.4 is 4.74 Å². The third kappa shape index (κ3) is 4.28. The van der Waals surface area contributed by atoms with E-state index in [2.05, 4.69) is 0 Å². The predicted octanol–water partition coefficient (Wildman–Crippen LogP) is 3.74. The number of carbonyl (C=O) groups is 1. The largest absolute Gasteiger partial charge is 0.487 e. The smallest absolute Gasteiger partial charge is 0.309 e. The SMILES string of the molecule is COC(=O)Cc1cccc(CO)c1COc1cc(C)c(C)cc1Cl. The first-order chi connectivity index (χ1) is 11.5. The molecule has 0 fully saturated rings. The Bertz CT molecular complexity index is 740. The monoisotopic (exact) mass is 348 g/mol. The van der Waals surface area contributed by atoms with Gasteiger partial charge in [-0.2, -0.15) is 0 Å². The Morgan fingerprint density at radius 2 is 1.83 bits per heavy atom. The lowest BCUT2D eigenvalue weighted by Crippen LogP contribution is -2.11. The molecule has 2 aromatic rings. The van der Waals surface area contributed by atoms with Gasteiger partial charge in [-0.1, -0.05) is 29.8 Å². The molecule has 0 aliphatic carbocycles. The van der Waals surface area contributed by atoms with Crippen LogP contribution in [-0.2, 0) is 29.2 Å². The van der Waals surface area contributed by atoms with Gasteiger partial charge in [0.25, 0.3) is 0 Å². The van der Waals surface area contributed by atoms with Crippen molar-refractivity contribution < 1.29 is 19.4 Å². The van der Waals surface area contributed by atoms with Gasteiger partial charge in [0.2, 0.25) is 0 Å². The summed E-state index contributed by atoms with van der Waals surface area (Å²) in [6.45, 7) is 4.06. The molecule has 0 unspecified atom stereocenters. The maximum absolute atomic E-state index is 11.6. The van der Waals surface area contributed by atoms with E-state index < -0.39 is 0 Å². The Kier molecular flexibility index (Phi) is 6.23. The third-order valence-corrected chi connectivity index (χ3v) is 4.32. The Balaban J connectivity index is 2.28. The maximum atomic E-state index is 11.6. The van der Waals surface area contributed by atoms with E-state index in [9.17, 15) is 9.90 Å². The summed E-state index contributed by atoms with van der Waals surface area (Å²) >= 11 is 6.24. The van der Waals surface area contributed by atoms with Crippen molar-refractivity contribution in [1.29, 1.82) is 0 Å². The van der Waals surface area contributed by atoms with E-state index in [1.54, 1.807) is 6.07 Å². The first-order valence-electron chi connectivity index (χ1n) is 7.63. The number of carbonyl (C=O) groups excluding carboxylic acids is 1. The minimum Gasteiger partial charge on any atom is -0.487 e. The van der Waals surface area contributed by atoms with Crippen LogP contribution in [0.4, 0.5) is 0 Å². The minimum atomic E-state index is -0.337. The molecule has 5 heteroatoms. The lowest BCUT2D eigenvalue weighted by molar-refractivity contribution is -0.139. The summed E-state index contributed by atoms with van der Waals surface area (Å²) in [7, 11) is 1.35. The zero-order valence-electron chi connectivity index (χ0n) is 14.1. The van der Waals surface area contributed by atoms with Crippen LogP contribution in [0, 0.1) is 13.8 Å². The van der Waals surface area contributed by atoms with Gasteiger partial charge < -0.3 is 14.6 Å². The van der Waals surface area contributed by atoms with Crippen molar-refractivity contribution in [3.8, 4) is 5.75 Å². The zero-order valence-corrected chi connectivity index (χ0v) is 14.8. The minimum absolute atomic E-state index is 0.129. The van der Waals surface area contributed by atoms with Crippen molar-refractivity contribution >= 4 is 17.6 Å². The van der Waals surface area contributed by atoms with Crippen molar-refractivity contribution in [3.05, 3.63) is 63.2 Å². The van der Waals surface area contributed by atoms with Crippen LogP contribution >= 0.6 is 11.6 Å². The van der Waals surface area contributed by atoms with Crippen molar-refractivity contribution in [3.63, 3.8) is 0 Å². The number of methoxy groups -OCH3 is 1. The van der Waals surface area contributed by atoms with E-state index in [1.165, 1.54) is 7.11 Å². The van der Waals surface area contributed by atoms with Gasteiger partial charge in [0.05, 0.1) is 25.2 Å². The number of hydrogen-bond acceptors (Lipinski definition) is 4. The van der Waals surface area contributed by atoms with Crippen molar-refractivity contribution in [1.82, 2.24) is 0 Å². The third-order valence-electron chi connectivity index (χ3n) is 4.02. The molecule has 0 atom stereocenters. The highest BCUT2D eigenvalue weighted by atomic mass is 35.5. The Labute approximate surface area is 147 Å². The highest BCUT2D eigenvalue weighted by molar-refractivity contribution is 6.32. The Hall–Kier alpha value is -2.04. The van der Waals surface area contributed by atoms with Gasteiger partial charge in [-0.25, -0.2) is 0 Å². The van der Waals surface area contributed by atoms with Crippen LogP contribution in [0.15, 0.2) is 30.3 Å². The van der Waals surface area contributed by atoms with Crippen LogP contribution in [-0.4, -0.2) is 18.2 Å². The summed E-state index contributed by atoms with van der Waals surface area (Å²) in [5.41, 5.74) is 4.44. The molecule has 0 spiro atoms. The summed E-state index contributed by atoms with van der Waals surface area (Å²) in [5.74, 6) is 0.243. The molecule has 0 aliphatic heterocycles. The Morgan fingerprint density at radius 3 is 2.50 bits per heavy atom. The molecule has 0 radical (unpaired) electrons. The topological polar surface area (TPSA) is 55.8 Å². The molecule has 4 nitrogen and oxygen atoms in total. The highest BCUT2D eigenvalue weighted by Crippen LogP contribution is 2.29. The second-order valence-electron chi connectivity index (χ2n) is 5.62. The predicted molar refractivity (Wildman–Crippen MR) is 93.3 cm³/mol. The number of rotatable bonds is 6. The molecule has 128 valence electrons. The summed E-state index contributed by atoms with van der Waals surface area (Å²) in [6.07, 6.45) is 0.129. The average Bonchev–Trinajstić information content (AvgIpc) is 2.57. The number of benzene rings is 2. The number of halogens is 1. The zero-order chi connectivity index (χ0) is 17.7. The summed E-state index contributed by atoms with van der Waals surface area (Å²) in [5, 5.41) is 10.1. The average molecular weight is 349 g/mol. The van der Waals surface area contributed by atoms with Gasteiger partial charge in [0.1, 0.15) is 12.4 Å². The van der Waals surface area contributed by atoms with Crippen LogP contribution in [0.3, 0.4) is 0 Å². The number of ether oxygens (including phenoxy) is 2. The number of aliphatic hydroxyl groups excluding tert-OH is 1. The maximum Gasteiger partial charge on any atom is 0.309 e. The quantitative estimate of drug-likeness (QED) is 0.808. The molecule has 24 heavy (non-hydrogen) atoms. The van der Waals surface area contributed by atoms with Crippen LogP contribution in [0.2, 0.25) is 5.02 Å². The molecule has 0 aromatic heterocycles. The number of esters is 1. The van der Waals surface area contributed by atoms with Gasteiger partial charge >= 0.3 is 5.97 Å². The molecule has 0 bridgehead atoms. The molecule has 2 aromatic carbocycles. The molecule has 0 aliphatic rings. The fraction of sp³-hybridized carbons (Fsp3) is 0.316. The summed E-state index contributed by atoms with van der Waals surface area (Å²) < 4.78 is 10.6. The lowest BCUT2D eigenvalue weighted by atomic mass is 9.99. The first kappa shape index (κ1) is 18.3. The summed E-state index contributed by atoms with van der Waals surface area (Å²) in [6, 6.07) is 9.19. The standard InChI is InChI=1S/C19H21ClO4/c1-12-7-17(20)18(8-13(12)2)24-11-16-14(9-19(22)23-3)5-4-6-15(16)10-21/h4-8,21H,9-11H2,1-3H3. The van der Waals surface area contributed by atoms with E-state index in [4.69, 9.17) is 21.1 Å². The van der Waals surface area contributed by atoms with Crippen LogP contribution in [0.5, 0.6) is 5.75 Å². The fourth-order valence-electron chi connectivity index (χ4n) is 2.43. The van der Waals surface area contributed by atoms with Crippen molar-refractivity contribution in [2.24, 2.45) is 0 Å². The van der Waals surface area contributed by atoms with E-state index in [0.29, 0.717) is 10.8 Å². The molecular weight excluding hydrogens is 328 g/mol. The lowest BCUT2D eigenvalue weighted by Gasteiger charge is -2.16. The highest BCUT2D eigenvalue weighted by Gasteiger charge is 2.13. The van der Waals surface area contributed by atoms with Crippen LogP contribution in [0.25, 0.3) is 0 Å². The molecule has 2 rings (SSSR count). The second kappa shape index (κ2) is 8.18. The van der Waals surface area contributed by atoms with E-state index in [0.717, 1.165) is 27.8 Å². The van der Waals surface area contributed by atoms with Crippen LogP contribution in [0.1, 0.15) is 27.8 Å². The molecular formula is C19H21ClO4. The van der Waals surface area contributed by atoms with Gasteiger partial charge in [0.15, 0.2) is 0 Å². The van der Waals surface area contributed by atoms with Gasteiger partial charge in [-0.3, -0.25) is 4.79 Å². The molecule has 1 N–H and O–H groups in total. The van der Waals surface area contributed by atoms with E-state index in [-0.39, 0.29) is 25.6 Å². The molecule has 0 amide bonds. The number of hydrogen-bond donors (Lipinski definition) is 1. The van der Waals surface area contributed by atoms with Gasteiger partial charge in [-0.15, -0.1) is 0 Å². The number of aliphatic hydroxyl groups is 1. The molecule has 0 heterocycles. The van der Waals surface area contributed by atoms with Gasteiger partial charge in [-0.05, 0) is 53.8 Å². The normalized spacial score (nSPS) is 10.5. The Morgan fingerprint density at radius 1 is 1.17 bits per heavy atom. The fourth-order valence-corrected chi connectivity index (χ4v) is 2.70.